The first-order chi connectivity index (χ1) is 9.70. The fourth-order valence-corrected chi connectivity index (χ4v) is 3.39. The number of piperazine rings is 1. The first kappa shape index (κ1) is 14.0. The predicted molar refractivity (Wildman–Crippen MR) is 82.3 cm³/mol. The second-order valence-corrected chi connectivity index (χ2v) is 6.10. The van der Waals surface area contributed by atoms with Gasteiger partial charge in [0.25, 0.3) is 5.56 Å². The quantitative estimate of drug-likeness (QED) is 0.846. The molecule has 2 aliphatic heterocycles. The second-order valence-electron chi connectivity index (χ2n) is 5.31. The molecule has 0 aromatic carbocycles. The van der Waals surface area contributed by atoms with Crippen LogP contribution < -0.4 is 15.8 Å². The van der Waals surface area contributed by atoms with Crippen LogP contribution in [0.1, 0.15) is 6.92 Å². The highest BCUT2D eigenvalue weighted by Gasteiger charge is 2.33. The van der Waals surface area contributed by atoms with Crippen molar-refractivity contribution < 1.29 is 0 Å². The molecule has 0 atom stereocenters. The molecule has 0 saturated carbocycles. The molecule has 6 nitrogen and oxygen atoms in total. The summed E-state index contributed by atoms with van der Waals surface area (Å²) in [5.41, 5.74) is 0.877. The molecule has 2 aliphatic rings. The van der Waals surface area contributed by atoms with Crippen molar-refractivity contribution in [3.05, 3.63) is 21.0 Å². The number of aryl methyl sites for hydroxylation is 1. The van der Waals surface area contributed by atoms with Crippen molar-refractivity contribution in [2.75, 3.05) is 44.2 Å². The van der Waals surface area contributed by atoms with Gasteiger partial charge in [-0.15, -0.1) is 0 Å². The van der Waals surface area contributed by atoms with Crippen LogP contribution in [0, 0.1) is 0 Å². The minimum Gasteiger partial charge on any atom is -0.366 e. The fraction of sp³-hybridized carbons (Fsp3) is 0.692. The highest BCUT2D eigenvalue weighted by atomic mass is 79.9. The van der Waals surface area contributed by atoms with E-state index in [9.17, 15) is 4.79 Å². The molecule has 0 spiro atoms. The van der Waals surface area contributed by atoms with E-state index in [1.165, 1.54) is 4.68 Å². The van der Waals surface area contributed by atoms with Crippen LogP contribution in [0.15, 0.2) is 15.5 Å². The lowest BCUT2D eigenvalue weighted by atomic mass is 10.1. The van der Waals surface area contributed by atoms with Crippen molar-refractivity contribution in [3.8, 4) is 0 Å². The summed E-state index contributed by atoms with van der Waals surface area (Å²) >= 11 is 3.42. The number of nitrogens with one attached hydrogen (secondary N) is 1. The Labute approximate surface area is 126 Å². The van der Waals surface area contributed by atoms with E-state index in [2.05, 4.69) is 36.1 Å². The van der Waals surface area contributed by atoms with Gasteiger partial charge in [0.15, 0.2) is 0 Å². The molecule has 2 fully saturated rings. The molecule has 1 aromatic rings. The van der Waals surface area contributed by atoms with Gasteiger partial charge >= 0.3 is 0 Å². The second kappa shape index (κ2) is 5.83. The molecule has 0 bridgehead atoms. The zero-order valence-corrected chi connectivity index (χ0v) is 13.3. The minimum atomic E-state index is -0.0457. The number of nitrogens with zero attached hydrogens (tertiary/aromatic N) is 4. The Morgan fingerprint density at radius 2 is 2.10 bits per heavy atom. The third-order valence-electron chi connectivity index (χ3n) is 4.14. The van der Waals surface area contributed by atoms with Gasteiger partial charge in [-0.3, -0.25) is 9.69 Å². The van der Waals surface area contributed by atoms with Crippen molar-refractivity contribution in [1.82, 2.24) is 20.0 Å². The molecule has 3 rings (SSSR count). The first-order valence-electron chi connectivity index (χ1n) is 7.16. The standard InChI is InChI=1S/C13H20BrN5O/c1-2-19-13(20)12(14)11(7-16-19)18-8-10(9-18)17-5-3-15-4-6-17/h7,10,15H,2-6,8-9H2,1H3. The molecule has 110 valence electrons. The summed E-state index contributed by atoms with van der Waals surface area (Å²) in [6.45, 7) is 8.88. The molecule has 2 saturated heterocycles. The van der Waals surface area contributed by atoms with Crippen LogP contribution >= 0.6 is 15.9 Å². The Kier molecular flexibility index (Phi) is 4.09. The summed E-state index contributed by atoms with van der Waals surface area (Å²) < 4.78 is 2.11. The van der Waals surface area contributed by atoms with Crippen molar-refractivity contribution >= 4 is 21.6 Å². The van der Waals surface area contributed by atoms with E-state index in [-0.39, 0.29) is 5.56 Å². The number of anilines is 1. The Morgan fingerprint density at radius 3 is 2.75 bits per heavy atom. The van der Waals surface area contributed by atoms with E-state index >= 15 is 0 Å². The van der Waals surface area contributed by atoms with Crippen LogP contribution in [0.3, 0.4) is 0 Å². The smallest absolute Gasteiger partial charge is 0.283 e. The van der Waals surface area contributed by atoms with Crippen LogP contribution in [-0.4, -0.2) is 60.0 Å². The Bertz CT molecular complexity index is 534. The van der Waals surface area contributed by atoms with Crippen LogP contribution in [0.2, 0.25) is 0 Å². The third kappa shape index (κ3) is 2.49. The van der Waals surface area contributed by atoms with E-state index in [0.29, 0.717) is 17.1 Å². The van der Waals surface area contributed by atoms with E-state index < -0.39 is 0 Å². The lowest BCUT2D eigenvalue weighted by molar-refractivity contribution is 0.147. The van der Waals surface area contributed by atoms with Crippen molar-refractivity contribution in [3.63, 3.8) is 0 Å². The number of hydrogen-bond donors (Lipinski definition) is 1. The Hall–Kier alpha value is -0.920. The fourth-order valence-electron chi connectivity index (χ4n) is 2.83. The average Bonchev–Trinajstić information content (AvgIpc) is 2.43. The normalized spacial score (nSPS) is 21.0. The highest BCUT2D eigenvalue weighted by molar-refractivity contribution is 9.10. The molecule has 0 unspecified atom stereocenters. The molecule has 1 N–H and O–H groups in total. The van der Waals surface area contributed by atoms with Crippen LogP contribution in [0.4, 0.5) is 5.69 Å². The van der Waals surface area contributed by atoms with E-state index in [1.807, 2.05) is 6.92 Å². The highest BCUT2D eigenvalue weighted by Crippen LogP contribution is 2.28. The van der Waals surface area contributed by atoms with E-state index in [1.54, 1.807) is 6.20 Å². The van der Waals surface area contributed by atoms with Gasteiger partial charge in [-0.05, 0) is 22.9 Å². The summed E-state index contributed by atoms with van der Waals surface area (Å²) in [5.74, 6) is 0. The molecule has 20 heavy (non-hydrogen) atoms. The van der Waals surface area contributed by atoms with Gasteiger partial charge in [-0.1, -0.05) is 0 Å². The SMILES string of the molecule is CCn1ncc(N2CC(N3CCNCC3)C2)c(Br)c1=O. The van der Waals surface area contributed by atoms with Gasteiger partial charge in [-0.25, -0.2) is 4.68 Å². The Balaban J connectivity index is 1.68. The summed E-state index contributed by atoms with van der Waals surface area (Å²) in [7, 11) is 0. The van der Waals surface area contributed by atoms with Gasteiger partial charge in [-0.2, -0.15) is 5.10 Å². The molecule has 0 radical (unpaired) electrons. The topological polar surface area (TPSA) is 53.4 Å². The molecule has 0 amide bonds. The maximum absolute atomic E-state index is 12.1. The number of rotatable bonds is 3. The zero-order chi connectivity index (χ0) is 14.1. The van der Waals surface area contributed by atoms with Crippen LogP contribution in [0.25, 0.3) is 0 Å². The van der Waals surface area contributed by atoms with Gasteiger partial charge in [0.05, 0.1) is 11.9 Å². The molecule has 7 heteroatoms. The predicted octanol–water partition coefficient (Wildman–Crippen LogP) is 0.120. The van der Waals surface area contributed by atoms with Gasteiger partial charge in [0.2, 0.25) is 0 Å². The molecular formula is C13H20BrN5O. The summed E-state index contributed by atoms with van der Waals surface area (Å²) in [6, 6.07) is 0.609. The van der Waals surface area contributed by atoms with Crippen LogP contribution in [0.5, 0.6) is 0 Å². The summed E-state index contributed by atoms with van der Waals surface area (Å²) in [4.78, 5) is 16.8. The minimum absolute atomic E-state index is 0.0457. The lowest BCUT2D eigenvalue weighted by Crippen LogP contribution is -2.63. The van der Waals surface area contributed by atoms with Gasteiger partial charge in [0.1, 0.15) is 4.47 Å². The van der Waals surface area contributed by atoms with E-state index in [0.717, 1.165) is 45.0 Å². The third-order valence-corrected chi connectivity index (χ3v) is 4.88. The zero-order valence-electron chi connectivity index (χ0n) is 11.7. The Morgan fingerprint density at radius 1 is 1.40 bits per heavy atom. The van der Waals surface area contributed by atoms with Crippen LogP contribution in [-0.2, 0) is 6.54 Å². The summed E-state index contributed by atoms with van der Waals surface area (Å²) in [5, 5.41) is 7.58. The van der Waals surface area contributed by atoms with Crippen molar-refractivity contribution in [1.29, 1.82) is 0 Å². The maximum atomic E-state index is 12.1. The van der Waals surface area contributed by atoms with Crippen molar-refractivity contribution in [2.24, 2.45) is 0 Å². The van der Waals surface area contributed by atoms with Gasteiger partial charge in [0, 0.05) is 51.9 Å². The lowest BCUT2D eigenvalue weighted by Gasteiger charge is -2.47. The number of aromatic nitrogens is 2. The average molecular weight is 342 g/mol. The first-order valence-corrected chi connectivity index (χ1v) is 7.95. The van der Waals surface area contributed by atoms with E-state index in [4.69, 9.17) is 0 Å². The molecule has 1 aromatic heterocycles. The van der Waals surface area contributed by atoms with Gasteiger partial charge < -0.3 is 10.2 Å². The number of hydrogen-bond acceptors (Lipinski definition) is 5. The molecule has 0 aliphatic carbocycles. The summed E-state index contributed by atoms with van der Waals surface area (Å²) in [6.07, 6.45) is 1.79. The largest absolute Gasteiger partial charge is 0.366 e. The monoisotopic (exact) mass is 341 g/mol. The number of halogens is 1. The molecule has 3 heterocycles. The van der Waals surface area contributed by atoms with Crippen molar-refractivity contribution in [2.45, 2.75) is 19.5 Å². The maximum Gasteiger partial charge on any atom is 0.283 e. The molecular weight excluding hydrogens is 322 g/mol.